The fraction of sp³-hybridized carbons (Fsp3) is 0.182. The van der Waals surface area contributed by atoms with Crippen LogP contribution in [0.25, 0.3) is 0 Å². The molecule has 0 fully saturated rings. The Morgan fingerprint density at radius 3 is 2.68 bits per heavy atom. The molecule has 0 aliphatic rings. The van der Waals surface area contributed by atoms with Gasteiger partial charge in [0.1, 0.15) is 9.20 Å². The van der Waals surface area contributed by atoms with E-state index in [0.29, 0.717) is 4.88 Å². The standard InChI is InChI=1S/C11H12N2O2S4/c1-7-5-17-6-8(7)4-13-19(14,15)10-3-2-9(18-10)11(12)16/h2-3,5-6,13H,4H2,1H3,(H2,12,16). The number of thiophene rings is 2. The van der Waals surface area contributed by atoms with E-state index in [0.717, 1.165) is 22.5 Å². The van der Waals surface area contributed by atoms with E-state index in [1.54, 1.807) is 17.4 Å². The molecule has 2 aromatic heterocycles. The normalized spacial score (nSPS) is 11.6. The highest BCUT2D eigenvalue weighted by Crippen LogP contribution is 2.22. The van der Waals surface area contributed by atoms with Gasteiger partial charge in [0.2, 0.25) is 10.0 Å². The van der Waals surface area contributed by atoms with Crippen molar-refractivity contribution in [1.29, 1.82) is 0 Å². The predicted molar refractivity (Wildman–Crippen MR) is 83.3 cm³/mol. The number of nitrogens with two attached hydrogens (primary N) is 1. The number of rotatable bonds is 5. The van der Waals surface area contributed by atoms with Gasteiger partial charge in [-0.2, -0.15) is 11.3 Å². The van der Waals surface area contributed by atoms with Crippen LogP contribution in [0.1, 0.15) is 16.0 Å². The van der Waals surface area contributed by atoms with Crippen LogP contribution < -0.4 is 10.5 Å². The van der Waals surface area contributed by atoms with E-state index in [1.807, 2.05) is 17.7 Å². The Morgan fingerprint density at radius 1 is 1.42 bits per heavy atom. The Labute approximate surface area is 125 Å². The molecule has 0 aromatic carbocycles. The molecular formula is C11H12N2O2S4. The molecule has 2 aromatic rings. The number of hydrogen-bond donors (Lipinski definition) is 2. The average Bonchev–Trinajstić information content (AvgIpc) is 2.95. The maximum atomic E-state index is 12.1. The van der Waals surface area contributed by atoms with Gasteiger partial charge in [0.25, 0.3) is 0 Å². The summed E-state index contributed by atoms with van der Waals surface area (Å²) in [6.07, 6.45) is 0. The van der Waals surface area contributed by atoms with E-state index < -0.39 is 10.0 Å². The first-order valence-electron chi connectivity index (χ1n) is 5.31. The maximum Gasteiger partial charge on any atom is 0.250 e. The van der Waals surface area contributed by atoms with Gasteiger partial charge in [-0.1, -0.05) is 12.2 Å². The first kappa shape index (κ1) is 14.6. The lowest BCUT2D eigenvalue weighted by molar-refractivity contribution is 0.583. The Balaban J connectivity index is 2.14. The average molecular weight is 332 g/mol. The second-order valence-corrected chi connectivity index (χ2v) is 8.15. The molecule has 0 bridgehead atoms. The van der Waals surface area contributed by atoms with E-state index >= 15 is 0 Å². The molecular weight excluding hydrogens is 320 g/mol. The van der Waals surface area contributed by atoms with Gasteiger partial charge in [0.05, 0.1) is 4.88 Å². The summed E-state index contributed by atoms with van der Waals surface area (Å²) in [5.74, 6) is 0. The van der Waals surface area contributed by atoms with Crippen LogP contribution in [-0.2, 0) is 16.6 Å². The van der Waals surface area contributed by atoms with Crippen molar-refractivity contribution in [1.82, 2.24) is 4.72 Å². The Hall–Kier alpha value is -0.800. The summed E-state index contributed by atoms with van der Waals surface area (Å²) in [5, 5.41) is 3.92. The van der Waals surface area contributed by atoms with Crippen molar-refractivity contribution in [3.63, 3.8) is 0 Å². The summed E-state index contributed by atoms with van der Waals surface area (Å²) < 4.78 is 27.0. The molecule has 2 heterocycles. The third-order valence-corrected chi connectivity index (χ3v) is 6.77. The fourth-order valence-corrected chi connectivity index (χ4v) is 4.67. The molecule has 3 N–H and O–H groups in total. The van der Waals surface area contributed by atoms with Gasteiger partial charge in [-0.05, 0) is 40.9 Å². The Kier molecular flexibility index (Phi) is 4.36. The van der Waals surface area contributed by atoms with Crippen molar-refractivity contribution in [2.24, 2.45) is 5.73 Å². The molecule has 0 atom stereocenters. The molecule has 8 heteroatoms. The fourth-order valence-electron chi connectivity index (χ4n) is 1.41. The van der Waals surface area contributed by atoms with E-state index in [1.165, 1.54) is 6.07 Å². The zero-order valence-electron chi connectivity index (χ0n) is 10.0. The summed E-state index contributed by atoms with van der Waals surface area (Å²) in [6.45, 7) is 2.24. The number of aryl methyl sites for hydroxylation is 1. The quantitative estimate of drug-likeness (QED) is 0.824. The minimum absolute atomic E-state index is 0.208. The maximum absolute atomic E-state index is 12.1. The van der Waals surface area contributed by atoms with Crippen LogP contribution in [-0.4, -0.2) is 13.4 Å². The highest BCUT2D eigenvalue weighted by molar-refractivity contribution is 7.91. The second-order valence-electron chi connectivity index (χ2n) is 3.89. The lowest BCUT2D eigenvalue weighted by Gasteiger charge is -2.04. The molecule has 0 spiro atoms. The van der Waals surface area contributed by atoms with Gasteiger partial charge < -0.3 is 5.73 Å². The Bertz CT molecular complexity index is 700. The number of nitrogens with one attached hydrogen (secondary N) is 1. The number of hydrogen-bond acceptors (Lipinski definition) is 5. The Morgan fingerprint density at radius 2 is 2.16 bits per heavy atom. The zero-order valence-corrected chi connectivity index (χ0v) is 13.3. The zero-order chi connectivity index (χ0) is 14.0. The van der Waals surface area contributed by atoms with Crippen LogP contribution in [0.2, 0.25) is 0 Å². The summed E-state index contributed by atoms with van der Waals surface area (Å²) in [4.78, 5) is 0.808. The summed E-state index contributed by atoms with van der Waals surface area (Å²) >= 11 is 7.45. The lowest BCUT2D eigenvalue weighted by atomic mass is 10.2. The second kappa shape index (κ2) is 5.68. The van der Waals surface area contributed by atoms with E-state index in [-0.39, 0.29) is 15.7 Å². The minimum atomic E-state index is -3.51. The van der Waals surface area contributed by atoms with Gasteiger partial charge in [-0.3, -0.25) is 0 Å². The number of thiocarbonyl (C=S) groups is 1. The van der Waals surface area contributed by atoms with Crippen molar-refractivity contribution < 1.29 is 8.42 Å². The molecule has 0 aliphatic carbocycles. The third kappa shape index (κ3) is 3.40. The van der Waals surface area contributed by atoms with Crippen LogP contribution in [0.5, 0.6) is 0 Å². The van der Waals surface area contributed by atoms with Gasteiger partial charge in [-0.25, -0.2) is 13.1 Å². The smallest absolute Gasteiger partial charge is 0.250 e. The van der Waals surface area contributed by atoms with Crippen molar-refractivity contribution in [2.75, 3.05) is 0 Å². The van der Waals surface area contributed by atoms with Crippen molar-refractivity contribution in [3.05, 3.63) is 38.9 Å². The van der Waals surface area contributed by atoms with Gasteiger partial charge >= 0.3 is 0 Å². The van der Waals surface area contributed by atoms with Crippen molar-refractivity contribution in [3.8, 4) is 0 Å². The highest BCUT2D eigenvalue weighted by Gasteiger charge is 2.17. The largest absolute Gasteiger partial charge is 0.389 e. The monoisotopic (exact) mass is 332 g/mol. The molecule has 0 aliphatic heterocycles. The van der Waals surface area contributed by atoms with Crippen LogP contribution in [0.3, 0.4) is 0 Å². The number of sulfonamides is 1. The minimum Gasteiger partial charge on any atom is -0.389 e. The molecule has 4 nitrogen and oxygen atoms in total. The lowest BCUT2D eigenvalue weighted by Crippen LogP contribution is -2.22. The summed E-state index contributed by atoms with van der Waals surface area (Å²) in [7, 11) is -3.51. The van der Waals surface area contributed by atoms with Crippen molar-refractivity contribution in [2.45, 2.75) is 17.7 Å². The van der Waals surface area contributed by atoms with Crippen LogP contribution >= 0.6 is 34.9 Å². The topological polar surface area (TPSA) is 72.2 Å². The molecule has 19 heavy (non-hydrogen) atoms. The van der Waals surface area contributed by atoms with Gasteiger partial charge in [-0.15, -0.1) is 11.3 Å². The summed E-state index contributed by atoms with van der Waals surface area (Å²) in [5.41, 5.74) is 7.54. The molecule has 2 rings (SSSR count). The molecule has 0 saturated heterocycles. The van der Waals surface area contributed by atoms with E-state index in [9.17, 15) is 8.42 Å². The molecule has 0 amide bonds. The SMILES string of the molecule is Cc1cscc1CNS(=O)(=O)c1ccc(C(N)=S)s1. The van der Waals surface area contributed by atoms with Crippen LogP contribution in [0.15, 0.2) is 27.1 Å². The molecule has 0 saturated carbocycles. The first-order chi connectivity index (χ1) is 8.90. The molecule has 102 valence electrons. The van der Waals surface area contributed by atoms with E-state index in [4.69, 9.17) is 18.0 Å². The third-order valence-electron chi connectivity index (χ3n) is 2.50. The van der Waals surface area contributed by atoms with Crippen molar-refractivity contribution >= 4 is 49.9 Å². The predicted octanol–water partition coefficient (Wildman–Crippen LogP) is 2.23. The summed E-state index contributed by atoms with van der Waals surface area (Å²) in [6, 6.07) is 3.14. The van der Waals surface area contributed by atoms with Crippen LogP contribution in [0.4, 0.5) is 0 Å². The highest BCUT2D eigenvalue weighted by atomic mass is 32.2. The van der Waals surface area contributed by atoms with Gasteiger partial charge in [0, 0.05) is 6.54 Å². The first-order valence-corrected chi connectivity index (χ1v) is 8.96. The van der Waals surface area contributed by atoms with Crippen LogP contribution in [0, 0.1) is 6.92 Å². The van der Waals surface area contributed by atoms with E-state index in [2.05, 4.69) is 4.72 Å². The molecule has 0 radical (unpaired) electrons. The molecule has 0 unspecified atom stereocenters. The van der Waals surface area contributed by atoms with Gasteiger partial charge in [0.15, 0.2) is 0 Å².